The lowest BCUT2D eigenvalue weighted by Crippen LogP contribution is -2.36. The molecule has 2 unspecified atom stereocenters. The second-order valence-corrected chi connectivity index (χ2v) is 2.64. The minimum absolute atomic E-state index is 0.146. The summed E-state index contributed by atoms with van der Waals surface area (Å²) in [5, 5.41) is 2.20. The number of alkyl halides is 2. The summed E-state index contributed by atoms with van der Waals surface area (Å²) >= 11 is 0. The summed E-state index contributed by atoms with van der Waals surface area (Å²) in [5.74, 6) is -7.41. The van der Waals surface area contributed by atoms with Crippen LogP contribution in [0.5, 0.6) is 0 Å². The highest BCUT2D eigenvalue weighted by molar-refractivity contribution is 5.79. The lowest BCUT2D eigenvalue weighted by molar-refractivity contribution is -0.105. The molecule has 0 saturated carbocycles. The predicted molar refractivity (Wildman–Crippen MR) is 41.3 cm³/mol. The fourth-order valence-corrected chi connectivity index (χ4v) is 0.996. The quantitative estimate of drug-likeness (QED) is 0.176. The number of halogens is 4. The van der Waals surface area contributed by atoms with Gasteiger partial charge in [-0.3, -0.25) is 4.79 Å². The Morgan fingerprint density at radius 2 is 2.20 bits per heavy atom. The third-order valence-corrected chi connectivity index (χ3v) is 1.77. The largest absolute Gasteiger partial charge is 0.298 e. The Bertz CT molecular complexity index is 412. The lowest BCUT2D eigenvalue weighted by atomic mass is 9.98. The van der Waals surface area contributed by atoms with Crippen LogP contribution >= 0.6 is 0 Å². The van der Waals surface area contributed by atoms with E-state index in [2.05, 4.69) is 5.11 Å². The molecule has 8 heteroatoms. The number of aldehydes is 1. The molecule has 1 rings (SSSR count). The van der Waals surface area contributed by atoms with Crippen molar-refractivity contribution < 1.29 is 22.4 Å². The van der Waals surface area contributed by atoms with Crippen LogP contribution in [0.4, 0.5) is 17.6 Å². The van der Waals surface area contributed by atoms with E-state index in [-0.39, 0.29) is 12.4 Å². The van der Waals surface area contributed by atoms with Crippen molar-refractivity contribution in [3.05, 3.63) is 33.7 Å². The van der Waals surface area contributed by atoms with Crippen LogP contribution in [0.25, 0.3) is 10.4 Å². The smallest absolute Gasteiger partial charge is 0.277 e. The molecule has 80 valence electrons. The average molecular weight is 221 g/mol. The van der Waals surface area contributed by atoms with Crippen molar-refractivity contribution in [1.29, 1.82) is 0 Å². The molecule has 0 aromatic heterocycles. The molecule has 0 radical (unpaired) electrons. The Morgan fingerprint density at radius 3 is 2.67 bits per heavy atom. The third-order valence-electron chi connectivity index (χ3n) is 1.77. The number of carbonyl (C=O) groups excluding carboxylic acids is 1. The molecule has 0 aromatic rings. The minimum atomic E-state index is -3.76. The fraction of sp³-hybridized carbons (Fsp3) is 0.286. The van der Waals surface area contributed by atoms with Gasteiger partial charge in [-0.05, 0) is 16.7 Å². The molecule has 0 fully saturated rings. The van der Waals surface area contributed by atoms with Crippen LogP contribution in [-0.2, 0) is 4.79 Å². The van der Waals surface area contributed by atoms with E-state index < -0.39 is 29.2 Å². The van der Waals surface area contributed by atoms with E-state index in [9.17, 15) is 22.4 Å². The van der Waals surface area contributed by atoms with E-state index >= 15 is 0 Å². The van der Waals surface area contributed by atoms with Gasteiger partial charge in [-0.2, -0.15) is 0 Å². The zero-order chi connectivity index (χ0) is 11.6. The molecule has 0 saturated heterocycles. The second-order valence-electron chi connectivity index (χ2n) is 2.64. The molecule has 0 spiro atoms. The Kier molecular flexibility index (Phi) is 2.81. The number of nitrogens with zero attached hydrogens (tertiary/aromatic N) is 3. The summed E-state index contributed by atoms with van der Waals surface area (Å²) in [6, 6.07) is 0. The molecule has 2 atom stereocenters. The van der Waals surface area contributed by atoms with Crippen molar-refractivity contribution in [1.82, 2.24) is 0 Å². The number of allylic oxidation sites excluding steroid dienone is 2. The van der Waals surface area contributed by atoms with Crippen LogP contribution in [0.15, 0.2) is 28.4 Å². The van der Waals surface area contributed by atoms with Crippen molar-refractivity contribution in [2.75, 3.05) is 0 Å². The molecular formula is C7H3F4N3O. The van der Waals surface area contributed by atoms with E-state index in [0.717, 1.165) is 0 Å². The number of hydrogen-bond donors (Lipinski definition) is 0. The third kappa shape index (κ3) is 1.59. The molecule has 0 heterocycles. The number of azide groups is 1. The number of hydrogen-bond acceptors (Lipinski definition) is 2. The van der Waals surface area contributed by atoms with Crippen molar-refractivity contribution in [2.45, 2.75) is 12.0 Å². The first-order chi connectivity index (χ1) is 6.97. The minimum Gasteiger partial charge on any atom is -0.298 e. The molecule has 15 heavy (non-hydrogen) atoms. The van der Waals surface area contributed by atoms with Crippen molar-refractivity contribution >= 4 is 6.29 Å². The highest BCUT2D eigenvalue weighted by atomic mass is 19.2. The topological polar surface area (TPSA) is 65.8 Å². The van der Waals surface area contributed by atoms with Gasteiger partial charge in [-0.25, -0.2) is 17.6 Å². The van der Waals surface area contributed by atoms with Crippen LogP contribution in [0, 0.1) is 0 Å². The summed E-state index contributed by atoms with van der Waals surface area (Å²) in [6.07, 6.45) is -3.18. The zero-order valence-electron chi connectivity index (χ0n) is 6.99. The summed E-state index contributed by atoms with van der Waals surface area (Å²) in [5.41, 5.74) is 6.92. The predicted octanol–water partition coefficient (Wildman–Crippen LogP) is 2.59. The highest BCUT2D eigenvalue weighted by Crippen LogP contribution is 2.40. The van der Waals surface area contributed by atoms with Gasteiger partial charge in [0.2, 0.25) is 0 Å². The van der Waals surface area contributed by atoms with Crippen LogP contribution in [0.1, 0.15) is 0 Å². The molecule has 1 aliphatic carbocycles. The van der Waals surface area contributed by atoms with Gasteiger partial charge >= 0.3 is 0 Å². The Hall–Kier alpha value is -1.82. The Labute approximate surface area is 80.5 Å². The monoisotopic (exact) mass is 221 g/mol. The summed E-state index contributed by atoms with van der Waals surface area (Å²) in [6.45, 7) is 0. The van der Waals surface area contributed by atoms with E-state index in [1.807, 2.05) is 4.91 Å². The molecule has 0 aromatic carbocycles. The highest BCUT2D eigenvalue weighted by Gasteiger charge is 2.50. The van der Waals surface area contributed by atoms with Gasteiger partial charge in [0.15, 0.2) is 12.5 Å². The van der Waals surface area contributed by atoms with Crippen LogP contribution < -0.4 is 0 Å². The standard InChI is InChI=1S/C7H3F4N3O/c8-4-1-3(2-15)5(9)6(10)7(4,11)13-14-12/h1-2,6H. The fourth-order valence-electron chi connectivity index (χ4n) is 0.996. The average Bonchev–Trinajstić information content (AvgIpc) is 2.21. The molecule has 0 amide bonds. The van der Waals surface area contributed by atoms with E-state index in [4.69, 9.17) is 5.53 Å². The van der Waals surface area contributed by atoms with Crippen LogP contribution in [0.2, 0.25) is 0 Å². The first-order valence-corrected chi connectivity index (χ1v) is 3.59. The van der Waals surface area contributed by atoms with Gasteiger partial charge in [0.1, 0.15) is 11.7 Å². The van der Waals surface area contributed by atoms with Gasteiger partial charge in [0.25, 0.3) is 5.79 Å². The maximum Gasteiger partial charge on any atom is 0.277 e. The van der Waals surface area contributed by atoms with Gasteiger partial charge in [0, 0.05) is 4.91 Å². The lowest BCUT2D eigenvalue weighted by Gasteiger charge is -2.24. The van der Waals surface area contributed by atoms with Crippen LogP contribution in [-0.4, -0.2) is 18.3 Å². The van der Waals surface area contributed by atoms with Crippen molar-refractivity contribution in [3.8, 4) is 0 Å². The van der Waals surface area contributed by atoms with Gasteiger partial charge < -0.3 is 0 Å². The molecule has 1 aliphatic rings. The first kappa shape index (κ1) is 11.3. The Morgan fingerprint density at radius 1 is 1.60 bits per heavy atom. The molecular weight excluding hydrogens is 218 g/mol. The summed E-state index contributed by atoms with van der Waals surface area (Å²) in [7, 11) is 0. The van der Waals surface area contributed by atoms with Gasteiger partial charge in [-0.15, -0.1) is 0 Å². The zero-order valence-corrected chi connectivity index (χ0v) is 6.99. The molecule has 0 bridgehead atoms. The maximum absolute atomic E-state index is 13.3. The Balaban J connectivity index is 3.33. The summed E-state index contributed by atoms with van der Waals surface area (Å²) < 4.78 is 52.1. The second kappa shape index (κ2) is 3.74. The molecule has 4 nitrogen and oxygen atoms in total. The van der Waals surface area contributed by atoms with Gasteiger partial charge in [0.05, 0.1) is 5.57 Å². The van der Waals surface area contributed by atoms with Crippen LogP contribution in [0.3, 0.4) is 0 Å². The SMILES string of the molecule is [N-]=[N+]=NC1(F)C(F)=CC(C=O)=C(F)C1F. The van der Waals surface area contributed by atoms with Gasteiger partial charge in [-0.1, -0.05) is 0 Å². The number of rotatable bonds is 2. The normalized spacial score (nSPS) is 30.7. The first-order valence-electron chi connectivity index (χ1n) is 3.59. The van der Waals surface area contributed by atoms with Crippen molar-refractivity contribution in [2.24, 2.45) is 5.11 Å². The van der Waals surface area contributed by atoms with E-state index in [1.54, 1.807) is 0 Å². The molecule has 0 N–H and O–H groups in total. The summed E-state index contributed by atoms with van der Waals surface area (Å²) in [4.78, 5) is 12.0. The maximum atomic E-state index is 13.3. The van der Waals surface area contributed by atoms with Crippen molar-refractivity contribution in [3.63, 3.8) is 0 Å². The molecule has 0 aliphatic heterocycles. The number of carbonyl (C=O) groups is 1. The van der Waals surface area contributed by atoms with E-state index in [0.29, 0.717) is 0 Å². The van der Waals surface area contributed by atoms with E-state index in [1.165, 1.54) is 0 Å².